The summed E-state index contributed by atoms with van der Waals surface area (Å²) in [6, 6.07) is 1.05. The highest BCUT2D eigenvalue weighted by molar-refractivity contribution is 6.13. The average Bonchev–Trinajstić information content (AvgIpc) is 2.42. The van der Waals surface area contributed by atoms with Gasteiger partial charge in [0.05, 0.1) is 6.42 Å². The van der Waals surface area contributed by atoms with E-state index in [1.54, 1.807) is 0 Å². The van der Waals surface area contributed by atoms with Crippen molar-refractivity contribution in [3.05, 3.63) is 17.7 Å². The Hall–Kier alpha value is -3.34. The molecule has 24 heavy (non-hydrogen) atoms. The Labute approximate surface area is 132 Å². The Balaban J connectivity index is 3.49. The van der Waals surface area contributed by atoms with Gasteiger partial charge in [-0.2, -0.15) is 0 Å². The Morgan fingerprint density at radius 3 is 1.75 bits per heavy atom. The lowest BCUT2D eigenvalue weighted by Crippen LogP contribution is -2.54. The summed E-state index contributed by atoms with van der Waals surface area (Å²) in [6.07, 6.45) is -1.60. The maximum Gasteiger partial charge on any atom is 0.337 e. The van der Waals surface area contributed by atoms with Crippen molar-refractivity contribution >= 4 is 23.7 Å². The van der Waals surface area contributed by atoms with Crippen molar-refractivity contribution in [2.75, 3.05) is 0 Å². The van der Waals surface area contributed by atoms with Crippen LogP contribution in [0.3, 0.4) is 0 Å². The molecule has 130 valence electrons. The highest BCUT2D eigenvalue weighted by atomic mass is 16.4. The van der Waals surface area contributed by atoms with Gasteiger partial charge in [0.2, 0.25) is 0 Å². The summed E-state index contributed by atoms with van der Waals surface area (Å²) in [7, 11) is 0. The molecule has 0 heterocycles. The molecule has 0 aliphatic heterocycles. The zero-order valence-corrected chi connectivity index (χ0v) is 11.7. The molecule has 7 N–H and O–H groups in total. The Morgan fingerprint density at radius 1 is 0.958 bits per heavy atom. The third kappa shape index (κ3) is 3.35. The minimum absolute atomic E-state index is 0.524. The van der Waals surface area contributed by atoms with Gasteiger partial charge in [-0.05, 0) is 12.1 Å². The summed E-state index contributed by atoms with van der Waals surface area (Å²) < 4.78 is 0. The first kappa shape index (κ1) is 18.7. The van der Waals surface area contributed by atoms with Gasteiger partial charge < -0.3 is 35.7 Å². The van der Waals surface area contributed by atoms with Crippen LogP contribution >= 0.6 is 0 Å². The zero-order chi connectivity index (χ0) is 18.8. The van der Waals surface area contributed by atoms with Gasteiger partial charge in [0.15, 0.2) is 34.6 Å². The molecular weight excluding hydrogens is 332 g/mol. The fourth-order valence-electron chi connectivity index (χ4n) is 1.98. The Bertz CT molecular complexity index is 700. The van der Waals surface area contributed by atoms with Crippen LogP contribution in [-0.4, -0.2) is 65.0 Å². The summed E-state index contributed by atoms with van der Waals surface area (Å²) in [5.41, 5.74) is -4.25. The van der Waals surface area contributed by atoms with Gasteiger partial charge in [-0.15, -0.1) is 0 Å². The van der Waals surface area contributed by atoms with Crippen LogP contribution < -0.4 is 0 Å². The molecule has 0 aliphatic carbocycles. The Kier molecular flexibility index (Phi) is 5.00. The molecule has 11 heteroatoms. The van der Waals surface area contributed by atoms with Crippen LogP contribution in [-0.2, 0) is 14.4 Å². The third-order valence-electron chi connectivity index (χ3n) is 3.13. The number of carboxylic acid groups (broad SMARTS) is 3. The van der Waals surface area contributed by atoms with Crippen molar-refractivity contribution < 1.29 is 54.9 Å². The number of aromatic hydroxyl groups is 3. The highest BCUT2D eigenvalue weighted by Gasteiger charge is 2.54. The normalized spacial score (nSPS) is 14.4. The number of carboxylic acids is 3. The molecule has 0 saturated heterocycles. The number of aliphatic carboxylic acids is 3. The van der Waals surface area contributed by atoms with E-state index in [-0.39, 0.29) is 0 Å². The molecule has 0 saturated carbocycles. The van der Waals surface area contributed by atoms with E-state index in [1.807, 2.05) is 0 Å². The lowest BCUT2D eigenvalue weighted by Gasteiger charge is -2.27. The van der Waals surface area contributed by atoms with Gasteiger partial charge in [-0.3, -0.25) is 14.4 Å². The molecule has 0 fully saturated rings. The number of phenolic OH excluding ortho intramolecular Hbond substituents is 3. The number of hydrogen-bond donors (Lipinski definition) is 7. The van der Waals surface area contributed by atoms with Crippen molar-refractivity contribution in [1.82, 2.24) is 0 Å². The van der Waals surface area contributed by atoms with E-state index >= 15 is 0 Å². The van der Waals surface area contributed by atoms with Crippen molar-refractivity contribution in [2.24, 2.45) is 5.92 Å². The van der Waals surface area contributed by atoms with E-state index in [4.69, 9.17) is 15.3 Å². The molecule has 2 unspecified atom stereocenters. The first-order chi connectivity index (χ1) is 10.9. The van der Waals surface area contributed by atoms with Gasteiger partial charge >= 0.3 is 17.9 Å². The van der Waals surface area contributed by atoms with Gasteiger partial charge in [0.25, 0.3) is 0 Å². The number of ketones is 1. The fraction of sp³-hybridized carbons (Fsp3) is 0.231. The molecular formula is C13H12O11. The summed E-state index contributed by atoms with van der Waals surface area (Å²) in [4.78, 5) is 45.4. The van der Waals surface area contributed by atoms with Gasteiger partial charge in [0.1, 0.15) is 0 Å². The van der Waals surface area contributed by atoms with Crippen molar-refractivity contribution in [3.8, 4) is 17.2 Å². The SMILES string of the molecule is O=C(O)CC(O)(C(=O)O)C(C(=O)O)C(=O)c1cc(O)c(O)c(O)c1. The number of Topliss-reactive ketones (excluding diaryl/α,β-unsaturated/α-hetero) is 1. The van der Waals surface area contributed by atoms with Crippen molar-refractivity contribution in [3.63, 3.8) is 0 Å². The Morgan fingerprint density at radius 2 is 1.42 bits per heavy atom. The first-order valence-electron chi connectivity index (χ1n) is 6.11. The van der Waals surface area contributed by atoms with E-state index in [2.05, 4.69) is 0 Å². The predicted octanol–water partition coefficient (Wildman–Crippen LogP) is -1.02. The second-order valence-corrected chi connectivity index (χ2v) is 4.80. The molecule has 2 atom stereocenters. The number of aliphatic hydroxyl groups is 1. The van der Waals surface area contributed by atoms with Gasteiger partial charge in [0, 0.05) is 5.56 Å². The fourth-order valence-corrected chi connectivity index (χ4v) is 1.98. The van der Waals surface area contributed by atoms with Crippen LogP contribution in [0.4, 0.5) is 0 Å². The monoisotopic (exact) mass is 344 g/mol. The summed E-state index contributed by atoms with van der Waals surface area (Å²) >= 11 is 0. The lowest BCUT2D eigenvalue weighted by molar-refractivity contribution is -0.175. The molecule has 1 aromatic carbocycles. The standard InChI is InChI=1S/C13H12O11/c14-5-1-4(2-6(15)10(5)19)9(18)8(11(20)21)13(24,12(22)23)3-7(16)17/h1-2,8,14-15,19,24H,3H2,(H,16,17)(H,20,21)(H,22,23). The number of rotatable bonds is 7. The lowest BCUT2D eigenvalue weighted by atomic mass is 9.79. The molecule has 0 bridgehead atoms. The molecule has 1 rings (SSSR count). The number of carbonyl (C=O) groups is 4. The van der Waals surface area contributed by atoms with Gasteiger partial charge in [-0.1, -0.05) is 0 Å². The zero-order valence-electron chi connectivity index (χ0n) is 11.7. The van der Waals surface area contributed by atoms with Crippen LogP contribution in [0.25, 0.3) is 0 Å². The molecule has 11 nitrogen and oxygen atoms in total. The third-order valence-corrected chi connectivity index (χ3v) is 3.13. The maximum atomic E-state index is 12.2. The average molecular weight is 344 g/mol. The van der Waals surface area contributed by atoms with Crippen molar-refractivity contribution in [2.45, 2.75) is 12.0 Å². The van der Waals surface area contributed by atoms with E-state index in [0.717, 1.165) is 0 Å². The van der Waals surface area contributed by atoms with Crippen LogP contribution in [0.2, 0.25) is 0 Å². The van der Waals surface area contributed by atoms with E-state index in [0.29, 0.717) is 12.1 Å². The van der Waals surface area contributed by atoms with Crippen LogP contribution in [0.1, 0.15) is 16.8 Å². The predicted molar refractivity (Wildman–Crippen MR) is 71.7 cm³/mol. The van der Waals surface area contributed by atoms with Gasteiger partial charge in [-0.25, -0.2) is 4.79 Å². The topological polar surface area (TPSA) is 210 Å². The molecule has 1 aromatic rings. The smallest absolute Gasteiger partial charge is 0.337 e. The second-order valence-electron chi connectivity index (χ2n) is 4.80. The van der Waals surface area contributed by atoms with E-state index < -0.39 is 64.4 Å². The van der Waals surface area contributed by atoms with E-state index in [9.17, 15) is 39.6 Å². The number of carbonyl (C=O) groups excluding carboxylic acids is 1. The molecule has 0 radical (unpaired) electrons. The second kappa shape index (κ2) is 6.42. The minimum atomic E-state index is -3.49. The number of hydrogen-bond acceptors (Lipinski definition) is 8. The minimum Gasteiger partial charge on any atom is -0.504 e. The maximum absolute atomic E-state index is 12.2. The molecule has 0 amide bonds. The van der Waals surface area contributed by atoms with Crippen molar-refractivity contribution in [1.29, 1.82) is 0 Å². The number of benzene rings is 1. The largest absolute Gasteiger partial charge is 0.504 e. The molecule has 0 aliphatic rings. The molecule has 0 spiro atoms. The summed E-state index contributed by atoms with van der Waals surface area (Å²) in [6.45, 7) is 0. The van der Waals surface area contributed by atoms with Crippen LogP contribution in [0.15, 0.2) is 12.1 Å². The van der Waals surface area contributed by atoms with E-state index in [1.165, 1.54) is 0 Å². The highest BCUT2D eigenvalue weighted by Crippen LogP contribution is 2.37. The summed E-state index contributed by atoms with van der Waals surface area (Å²) in [5.74, 6) is -13.7. The van der Waals surface area contributed by atoms with Crippen LogP contribution in [0, 0.1) is 5.92 Å². The number of phenols is 3. The quantitative estimate of drug-likeness (QED) is 0.181. The first-order valence-corrected chi connectivity index (χ1v) is 6.11. The summed E-state index contributed by atoms with van der Waals surface area (Å²) in [5, 5.41) is 64.5. The molecule has 0 aromatic heterocycles. The van der Waals surface area contributed by atoms with Crippen LogP contribution in [0.5, 0.6) is 17.2 Å².